The van der Waals surface area contributed by atoms with Gasteiger partial charge in [0.05, 0.1) is 25.3 Å². The first-order valence-electron chi connectivity index (χ1n) is 10.4. The van der Waals surface area contributed by atoms with Crippen molar-refractivity contribution in [3.63, 3.8) is 0 Å². The molecule has 0 aliphatic carbocycles. The quantitative estimate of drug-likeness (QED) is 0.763. The zero-order valence-corrected chi connectivity index (χ0v) is 16.3. The molecular formula is C20H29N5O3. The van der Waals surface area contributed by atoms with E-state index in [1.165, 1.54) is 0 Å². The second-order valence-corrected chi connectivity index (χ2v) is 7.89. The fourth-order valence-electron chi connectivity index (χ4n) is 4.49. The Labute approximate surface area is 165 Å². The molecule has 2 amide bonds. The van der Waals surface area contributed by atoms with Crippen molar-refractivity contribution in [1.82, 2.24) is 19.8 Å². The van der Waals surface area contributed by atoms with Gasteiger partial charge in [0.1, 0.15) is 5.82 Å². The summed E-state index contributed by atoms with van der Waals surface area (Å²) in [5.41, 5.74) is 0. The third-order valence-electron chi connectivity index (χ3n) is 6.12. The fourth-order valence-corrected chi connectivity index (χ4v) is 4.49. The van der Waals surface area contributed by atoms with E-state index in [1.807, 2.05) is 9.80 Å². The molecule has 0 spiro atoms. The summed E-state index contributed by atoms with van der Waals surface area (Å²) in [6.07, 6.45) is 8.55. The molecule has 0 N–H and O–H groups in total. The Morgan fingerprint density at radius 1 is 0.893 bits per heavy atom. The fraction of sp³-hybridized carbons (Fsp3) is 0.700. The normalized spacial score (nSPS) is 24.3. The van der Waals surface area contributed by atoms with E-state index in [0.29, 0.717) is 45.9 Å². The molecule has 152 valence electrons. The average molecular weight is 387 g/mol. The highest BCUT2D eigenvalue weighted by Crippen LogP contribution is 2.26. The number of amides is 2. The molecule has 8 nitrogen and oxygen atoms in total. The summed E-state index contributed by atoms with van der Waals surface area (Å²) in [6, 6.07) is 0. The molecule has 1 atom stereocenters. The molecule has 4 rings (SSSR count). The molecule has 3 aliphatic heterocycles. The zero-order chi connectivity index (χ0) is 19.3. The van der Waals surface area contributed by atoms with Crippen molar-refractivity contribution in [1.29, 1.82) is 0 Å². The summed E-state index contributed by atoms with van der Waals surface area (Å²) in [5.74, 6) is 1.36. The van der Waals surface area contributed by atoms with Gasteiger partial charge in [-0.15, -0.1) is 0 Å². The lowest BCUT2D eigenvalue weighted by Crippen LogP contribution is -2.50. The van der Waals surface area contributed by atoms with E-state index in [9.17, 15) is 9.59 Å². The van der Waals surface area contributed by atoms with E-state index in [0.717, 1.165) is 38.0 Å². The maximum atomic E-state index is 13.1. The number of hydrogen-bond acceptors (Lipinski definition) is 6. The second-order valence-electron chi connectivity index (χ2n) is 7.89. The van der Waals surface area contributed by atoms with Crippen LogP contribution in [0.1, 0.15) is 25.7 Å². The van der Waals surface area contributed by atoms with Crippen LogP contribution < -0.4 is 4.90 Å². The second kappa shape index (κ2) is 8.86. The minimum absolute atomic E-state index is 0.00208. The molecule has 4 heterocycles. The van der Waals surface area contributed by atoms with Crippen molar-refractivity contribution in [3.05, 3.63) is 18.6 Å². The Morgan fingerprint density at radius 3 is 2.32 bits per heavy atom. The average Bonchev–Trinajstić information content (AvgIpc) is 2.79. The Kier molecular flexibility index (Phi) is 6.04. The molecule has 0 radical (unpaired) electrons. The summed E-state index contributed by atoms with van der Waals surface area (Å²) in [5, 5.41) is 0. The number of anilines is 1. The number of piperidine rings is 2. The van der Waals surface area contributed by atoms with Crippen molar-refractivity contribution in [3.8, 4) is 0 Å². The van der Waals surface area contributed by atoms with Gasteiger partial charge in [-0.25, -0.2) is 4.98 Å². The zero-order valence-electron chi connectivity index (χ0n) is 16.3. The molecule has 3 aliphatic rings. The van der Waals surface area contributed by atoms with Gasteiger partial charge in [0.15, 0.2) is 0 Å². The number of likely N-dealkylation sites (tertiary alicyclic amines) is 1. The van der Waals surface area contributed by atoms with Gasteiger partial charge >= 0.3 is 0 Å². The van der Waals surface area contributed by atoms with E-state index >= 15 is 0 Å². The summed E-state index contributed by atoms with van der Waals surface area (Å²) in [4.78, 5) is 40.3. The van der Waals surface area contributed by atoms with Crippen LogP contribution in [-0.2, 0) is 14.3 Å². The first-order valence-corrected chi connectivity index (χ1v) is 10.4. The largest absolute Gasteiger partial charge is 0.378 e. The number of aromatic nitrogens is 2. The number of ether oxygens (including phenoxy) is 1. The highest BCUT2D eigenvalue weighted by atomic mass is 16.5. The minimum Gasteiger partial charge on any atom is -0.378 e. The van der Waals surface area contributed by atoms with Gasteiger partial charge in [0, 0.05) is 57.6 Å². The standard InChI is InChI=1S/C20H29N5O3/c26-19(24-10-12-28-13-11-24)16-3-8-23(9-4-16)20(27)17-2-1-7-25(15-17)18-14-21-5-6-22-18/h5-6,14,16-17H,1-4,7-13,15H2. The highest BCUT2D eigenvalue weighted by Gasteiger charge is 2.34. The molecule has 3 fully saturated rings. The molecule has 8 heteroatoms. The number of hydrogen-bond donors (Lipinski definition) is 0. The lowest BCUT2D eigenvalue weighted by molar-refractivity contribution is -0.145. The lowest BCUT2D eigenvalue weighted by atomic mass is 9.92. The Bertz CT molecular complexity index is 672. The summed E-state index contributed by atoms with van der Waals surface area (Å²) in [6.45, 7) is 5.63. The van der Waals surface area contributed by atoms with E-state index in [-0.39, 0.29) is 23.7 Å². The van der Waals surface area contributed by atoms with E-state index in [1.54, 1.807) is 18.6 Å². The van der Waals surface area contributed by atoms with Crippen LogP contribution in [0, 0.1) is 11.8 Å². The number of carbonyl (C=O) groups is 2. The van der Waals surface area contributed by atoms with Crippen LogP contribution in [0.3, 0.4) is 0 Å². The van der Waals surface area contributed by atoms with Crippen molar-refractivity contribution < 1.29 is 14.3 Å². The van der Waals surface area contributed by atoms with Gasteiger partial charge in [-0.1, -0.05) is 0 Å². The van der Waals surface area contributed by atoms with Crippen LogP contribution in [0.5, 0.6) is 0 Å². The van der Waals surface area contributed by atoms with E-state index in [4.69, 9.17) is 4.74 Å². The van der Waals surface area contributed by atoms with Crippen molar-refractivity contribution in [2.45, 2.75) is 25.7 Å². The monoisotopic (exact) mass is 387 g/mol. The molecular weight excluding hydrogens is 358 g/mol. The number of carbonyl (C=O) groups excluding carboxylic acids is 2. The maximum Gasteiger partial charge on any atom is 0.227 e. The predicted molar refractivity (Wildman–Crippen MR) is 104 cm³/mol. The number of morpholine rings is 1. The minimum atomic E-state index is 0.00208. The molecule has 1 unspecified atom stereocenters. The Hall–Kier alpha value is -2.22. The van der Waals surface area contributed by atoms with Gasteiger partial charge in [0.2, 0.25) is 11.8 Å². The number of nitrogens with zero attached hydrogens (tertiary/aromatic N) is 5. The van der Waals surface area contributed by atoms with Crippen molar-refractivity contribution >= 4 is 17.6 Å². The molecule has 0 saturated carbocycles. The van der Waals surface area contributed by atoms with Crippen molar-refractivity contribution in [2.24, 2.45) is 11.8 Å². The topological polar surface area (TPSA) is 78.9 Å². The SMILES string of the molecule is O=C(C1CCN(C(=O)C2CCCN(c3cnccn3)C2)CC1)N1CCOCC1. The smallest absolute Gasteiger partial charge is 0.227 e. The molecule has 28 heavy (non-hydrogen) atoms. The summed E-state index contributed by atoms with van der Waals surface area (Å²) < 4.78 is 5.33. The first-order chi connectivity index (χ1) is 13.7. The van der Waals surface area contributed by atoms with Gasteiger partial charge in [-0.05, 0) is 25.7 Å². The van der Waals surface area contributed by atoms with E-state index < -0.39 is 0 Å². The van der Waals surface area contributed by atoms with Crippen LogP contribution in [0.4, 0.5) is 5.82 Å². The van der Waals surface area contributed by atoms with Gasteiger partial charge < -0.3 is 19.4 Å². The molecule has 0 bridgehead atoms. The molecule has 0 aromatic carbocycles. The van der Waals surface area contributed by atoms with Crippen molar-refractivity contribution in [2.75, 3.05) is 57.4 Å². The maximum absolute atomic E-state index is 13.1. The lowest BCUT2D eigenvalue weighted by Gasteiger charge is -2.39. The van der Waals surface area contributed by atoms with Gasteiger partial charge in [-0.3, -0.25) is 14.6 Å². The van der Waals surface area contributed by atoms with Crippen LogP contribution in [0.15, 0.2) is 18.6 Å². The predicted octanol–water partition coefficient (Wildman–Crippen LogP) is 0.790. The molecule has 1 aromatic rings. The Balaban J connectivity index is 1.29. The molecule has 3 saturated heterocycles. The highest BCUT2D eigenvalue weighted by molar-refractivity contribution is 5.81. The van der Waals surface area contributed by atoms with Crippen LogP contribution in [0.2, 0.25) is 0 Å². The summed E-state index contributed by atoms with van der Waals surface area (Å²) in [7, 11) is 0. The van der Waals surface area contributed by atoms with Gasteiger partial charge in [0.25, 0.3) is 0 Å². The van der Waals surface area contributed by atoms with Gasteiger partial charge in [-0.2, -0.15) is 0 Å². The van der Waals surface area contributed by atoms with Crippen LogP contribution in [-0.4, -0.2) is 84.1 Å². The number of rotatable bonds is 3. The molecule has 1 aromatic heterocycles. The van der Waals surface area contributed by atoms with Crippen LogP contribution in [0.25, 0.3) is 0 Å². The third-order valence-corrected chi connectivity index (χ3v) is 6.12. The Morgan fingerprint density at radius 2 is 1.61 bits per heavy atom. The first kappa shape index (κ1) is 19.1. The third kappa shape index (κ3) is 4.27. The van der Waals surface area contributed by atoms with Crippen LogP contribution >= 0.6 is 0 Å². The summed E-state index contributed by atoms with van der Waals surface area (Å²) >= 11 is 0. The van der Waals surface area contributed by atoms with E-state index in [2.05, 4.69) is 14.9 Å².